The van der Waals surface area contributed by atoms with Gasteiger partial charge >= 0.3 is 0 Å². The highest BCUT2D eigenvalue weighted by atomic mass is 35.5. The average molecular weight is 395 g/mol. The lowest BCUT2D eigenvalue weighted by Crippen LogP contribution is -2.47. The quantitative estimate of drug-likeness (QED) is 0.483. The minimum Gasteiger partial charge on any atom is -0.363 e. The summed E-state index contributed by atoms with van der Waals surface area (Å²) in [4.78, 5) is 12.7. The number of aromatic amines is 1. The molecular weight excluding hydrogens is 372 g/mol. The van der Waals surface area contributed by atoms with E-state index in [1.807, 2.05) is 28.9 Å². The van der Waals surface area contributed by atoms with E-state index in [0.29, 0.717) is 5.15 Å². The maximum absolute atomic E-state index is 6.74. The zero-order valence-electron chi connectivity index (χ0n) is 16.0. The predicted octanol–water partition coefficient (Wildman–Crippen LogP) is 4.33. The van der Waals surface area contributed by atoms with Crippen LogP contribution in [0.3, 0.4) is 0 Å². The molecule has 1 aromatic carbocycles. The lowest BCUT2D eigenvalue weighted by molar-refractivity contribution is 0.249. The molecule has 1 aliphatic rings. The van der Waals surface area contributed by atoms with Crippen molar-refractivity contribution in [2.24, 2.45) is 5.41 Å². The highest BCUT2D eigenvalue weighted by molar-refractivity contribution is 6.32. The van der Waals surface area contributed by atoms with Crippen molar-refractivity contribution in [2.45, 2.75) is 26.3 Å². The molecule has 4 aromatic rings. The minimum absolute atomic E-state index is 0.244. The van der Waals surface area contributed by atoms with Crippen molar-refractivity contribution in [1.29, 1.82) is 0 Å². The molecule has 1 fully saturated rings. The Labute approximate surface area is 168 Å². The molecule has 1 aliphatic heterocycles. The number of aromatic nitrogens is 4. The topological polar surface area (TPSA) is 70.0 Å². The van der Waals surface area contributed by atoms with Crippen molar-refractivity contribution in [3.05, 3.63) is 48.0 Å². The molecule has 7 heteroatoms. The van der Waals surface area contributed by atoms with Gasteiger partial charge in [-0.1, -0.05) is 43.6 Å². The van der Waals surface area contributed by atoms with E-state index in [2.05, 4.69) is 46.6 Å². The van der Waals surface area contributed by atoms with Crippen LogP contribution in [0.1, 0.15) is 20.3 Å². The standard InChI is InChI=1S/C21H23ClN6/c1-21(2)9-13(10-23-12-21)26-19-20-24-7-8-28(20)18(22)17(27-19)15-11-25-16-6-4-3-5-14(15)16/h3-8,11,13,23,25H,9-10,12H2,1-2H3,(H,26,27)/t13-/m0/s1. The number of benzene rings is 1. The van der Waals surface area contributed by atoms with Crippen LogP contribution in [0.5, 0.6) is 0 Å². The van der Waals surface area contributed by atoms with Crippen LogP contribution in [0.2, 0.25) is 5.15 Å². The molecule has 1 atom stereocenters. The third kappa shape index (κ3) is 2.93. The first-order valence-corrected chi connectivity index (χ1v) is 9.96. The fraction of sp³-hybridized carbons (Fsp3) is 0.333. The summed E-state index contributed by atoms with van der Waals surface area (Å²) in [5, 5.41) is 8.79. The zero-order valence-corrected chi connectivity index (χ0v) is 16.7. The Kier molecular flexibility index (Phi) is 4.07. The van der Waals surface area contributed by atoms with E-state index >= 15 is 0 Å². The lowest BCUT2D eigenvalue weighted by atomic mass is 9.83. The number of piperidine rings is 1. The van der Waals surface area contributed by atoms with Gasteiger partial charge in [0.1, 0.15) is 10.8 Å². The van der Waals surface area contributed by atoms with Crippen LogP contribution in [0.15, 0.2) is 42.9 Å². The molecule has 4 heterocycles. The van der Waals surface area contributed by atoms with Gasteiger partial charge in [0.05, 0.1) is 0 Å². The first kappa shape index (κ1) is 17.5. The van der Waals surface area contributed by atoms with E-state index in [9.17, 15) is 0 Å². The van der Waals surface area contributed by atoms with Crippen molar-refractivity contribution < 1.29 is 0 Å². The van der Waals surface area contributed by atoms with Gasteiger partial charge in [-0.2, -0.15) is 0 Å². The Balaban J connectivity index is 1.62. The molecule has 3 aromatic heterocycles. The molecule has 28 heavy (non-hydrogen) atoms. The largest absolute Gasteiger partial charge is 0.363 e. The lowest BCUT2D eigenvalue weighted by Gasteiger charge is -2.36. The Hall–Kier alpha value is -2.57. The first-order chi connectivity index (χ1) is 13.5. The van der Waals surface area contributed by atoms with Crippen LogP contribution in [0.25, 0.3) is 27.8 Å². The van der Waals surface area contributed by atoms with Crippen LogP contribution in [0.4, 0.5) is 5.82 Å². The Morgan fingerprint density at radius 2 is 2.14 bits per heavy atom. The Morgan fingerprint density at radius 3 is 3.00 bits per heavy atom. The number of rotatable bonds is 3. The molecule has 0 saturated carbocycles. The number of H-pyrrole nitrogens is 1. The van der Waals surface area contributed by atoms with E-state index in [1.54, 1.807) is 6.20 Å². The number of anilines is 1. The van der Waals surface area contributed by atoms with E-state index < -0.39 is 0 Å². The molecule has 3 N–H and O–H groups in total. The molecule has 1 saturated heterocycles. The molecule has 0 aliphatic carbocycles. The van der Waals surface area contributed by atoms with Gasteiger partial charge in [-0.3, -0.25) is 4.40 Å². The second-order valence-electron chi connectivity index (χ2n) is 8.31. The van der Waals surface area contributed by atoms with Crippen molar-refractivity contribution in [3.63, 3.8) is 0 Å². The summed E-state index contributed by atoms with van der Waals surface area (Å²) in [6.07, 6.45) is 6.68. The second-order valence-corrected chi connectivity index (χ2v) is 8.67. The summed E-state index contributed by atoms with van der Waals surface area (Å²) in [7, 11) is 0. The summed E-state index contributed by atoms with van der Waals surface area (Å²) in [5.41, 5.74) is 3.79. The SMILES string of the molecule is CC1(C)CNC[C@@H](Nc2nc(-c3c[nH]c4ccccc34)c(Cl)n3ccnc23)C1. The molecule has 0 radical (unpaired) electrons. The Bertz CT molecular complexity index is 1160. The summed E-state index contributed by atoms with van der Waals surface area (Å²) < 4.78 is 1.90. The summed E-state index contributed by atoms with van der Waals surface area (Å²) in [6.45, 7) is 6.50. The van der Waals surface area contributed by atoms with Gasteiger partial charge in [0, 0.05) is 54.2 Å². The number of nitrogens with one attached hydrogen (secondary N) is 3. The molecule has 144 valence electrons. The van der Waals surface area contributed by atoms with Crippen LogP contribution < -0.4 is 10.6 Å². The number of fused-ring (bicyclic) bond motifs is 2. The molecular formula is C21H23ClN6. The van der Waals surface area contributed by atoms with Crippen LogP contribution in [0, 0.1) is 5.41 Å². The van der Waals surface area contributed by atoms with E-state index in [4.69, 9.17) is 16.6 Å². The number of nitrogens with zero attached hydrogens (tertiary/aromatic N) is 3. The van der Waals surface area contributed by atoms with Crippen LogP contribution in [-0.2, 0) is 0 Å². The number of hydrogen-bond acceptors (Lipinski definition) is 4. The van der Waals surface area contributed by atoms with E-state index in [1.165, 1.54) is 0 Å². The molecule has 0 unspecified atom stereocenters. The summed E-state index contributed by atoms with van der Waals surface area (Å²) in [6, 6.07) is 8.46. The van der Waals surface area contributed by atoms with E-state index in [0.717, 1.165) is 53.1 Å². The zero-order chi connectivity index (χ0) is 19.3. The fourth-order valence-corrected chi connectivity index (χ4v) is 4.47. The van der Waals surface area contributed by atoms with Gasteiger partial charge in [-0.15, -0.1) is 0 Å². The molecule has 0 bridgehead atoms. The van der Waals surface area contributed by atoms with Gasteiger partial charge in [0.2, 0.25) is 0 Å². The van der Waals surface area contributed by atoms with Crippen molar-refractivity contribution >= 4 is 34.0 Å². The maximum atomic E-state index is 6.74. The van der Waals surface area contributed by atoms with E-state index in [-0.39, 0.29) is 11.5 Å². The molecule has 6 nitrogen and oxygen atoms in total. The summed E-state index contributed by atoms with van der Waals surface area (Å²) >= 11 is 6.74. The normalized spacial score (nSPS) is 19.3. The average Bonchev–Trinajstić information content (AvgIpc) is 3.31. The number of halogens is 1. The molecule has 0 spiro atoms. The molecule has 5 rings (SSSR count). The molecule has 0 amide bonds. The van der Waals surface area contributed by atoms with Crippen molar-refractivity contribution in [2.75, 3.05) is 18.4 Å². The minimum atomic E-state index is 0.244. The Morgan fingerprint density at radius 1 is 1.29 bits per heavy atom. The smallest absolute Gasteiger partial charge is 0.181 e. The van der Waals surface area contributed by atoms with Crippen molar-refractivity contribution in [1.82, 2.24) is 24.7 Å². The third-order valence-corrected chi connectivity index (χ3v) is 5.82. The van der Waals surface area contributed by atoms with Gasteiger partial charge in [-0.25, -0.2) is 9.97 Å². The van der Waals surface area contributed by atoms with Gasteiger partial charge in [0.15, 0.2) is 11.5 Å². The second kappa shape index (κ2) is 6.50. The third-order valence-electron chi connectivity index (χ3n) is 5.46. The van der Waals surface area contributed by atoms with Gasteiger partial charge in [-0.05, 0) is 17.9 Å². The highest BCUT2D eigenvalue weighted by Crippen LogP contribution is 2.35. The first-order valence-electron chi connectivity index (χ1n) is 9.58. The number of hydrogen-bond donors (Lipinski definition) is 3. The summed E-state index contributed by atoms with van der Waals surface area (Å²) in [5.74, 6) is 0.763. The maximum Gasteiger partial charge on any atom is 0.181 e. The van der Waals surface area contributed by atoms with Gasteiger partial charge < -0.3 is 15.6 Å². The highest BCUT2D eigenvalue weighted by Gasteiger charge is 2.29. The number of imidazole rings is 1. The fourth-order valence-electron chi connectivity index (χ4n) is 4.19. The van der Waals surface area contributed by atoms with Crippen molar-refractivity contribution in [3.8, 4) is 11.3 Å². The van der Waals surface area contributed by atoms with Crippen LogP contribution >= 0.6 is 11.6 Å². The predicted molar refractivity (Wildman–Crippen MR) is 114 cm³/mol. The van der Waals surface area contributed by atoms with Gasteiger partial charge in [0.25, 0.3) is 0 Å². The number of para-hydroxylation sites is 1. The monoisotopic (exact) mass is 394 g/mol. The van der Waals surface area contributed by atoms with Crippen LogP contribution in [-0.4, -0.2) is 38.5 Å².